The minimum Gasteiger partial charge on any atom is -0.470 e. The summed E-state index contributed by atoms with van der Waals surface area (Å²) >= 11 is 0. The molecule has 18 heavy (non-hydrogen) atoms. The SMILES string of the molecule is O=[N+]([O-])c1cnc(O[C@H]2CCCCC2O)c(F)c1. The lowest BCUT2D eigenvalue weighted by Crippen LogP contribution is -2.35. The molecule has 2 rings (SSSR count). The molecular formula is C11H13FN2O4. The number of rotatable bonds is 3. The van der Waals surface area contributed by atoms with Crippen LogP contribution in [0.3, 0.4) is 0 Å². The molecule has 1 saturated carbocycles. The molecule has 0 radical (unpaired) electrons. The standard InChI is InChI=1S/C11H13FN2O4/c12-8-5-7(14(16)17)6-13-11(8)18-10-4-2-1-3-9(10)15/h5-6,9-10,15H,1-4H2/t9?,10-/m0/s1. The molecule has 0 spiro atoms. The summed E-state index contributed by atoms with van der Waals surface area (Å²) in [5.74, 6) is -1.19. The van der Waals surface area contributed by atoms with Crippen molar-refractivity contribution in [2.45, 2.75) is 37.9 Å². The van der Waals surface area contributed by atoms with Crippen LogP contribution in [0.15, 0.2) is 12.3 Å². The van der Waals surface area contributed by atoms with E-state index < -0.39 is 28.6 Å². The fourth-order valence-corrected chi connectivity index (χ4v) is 1.96. The fourth-order valence-electron chi connectivity index (χ4n) is 1.96. The minimum atomic E-state index is -0.887. The van der Waals surface area contributed by atoms with Gasteiger partial charge in [-0.1, -0.05) is 6.42 Å². The number of nitro groups is 1. The van der Waals surface area contributed by atoms with Crippen molar-refractivity contribution in [1.29, 1.82) is 0 Å². The summed E-state index contributed by atoms with van der Waals surface area (Å²) in [4.78, 5) is 13.3. The van der Waals surface area contributed by atoms with Gasteiger partial charge in [-0.3, -0.25) is 10.1 Å². The van der Waals surface area contributed by atoms with E-state index in [0.29, 0.717) is 12.8 Å². The molecule has 2 atom stereocenters. The van der Waals surface area contributed by atoms with Crippen LogP contribution < -0.4 is 4.74 Å². The van der Waals surface area contributed by atoms with E-state index in [1.54, 1.807) is 0 Å². The van der Waals surface area contributed by atoms with Gasteiger partial charge in [0, 0.05) is 0 Å². The summed E-state index contributed by atoms with van der Waals surface area (Å²) < 4.78 is 18.8. The van der Waals surface area contributed by atoms with Crippen LogP contribution in [0.25, 0.3) is 0 Å². The molecule has 0 bridgehead atoms. The summed E-state index contributed by atoms with van der Waals surface area (Å²) in [6, 6.07) is 0.761. The number of hydrogen-bond donors (Lipinski definition) is 1. The number of halogens is 1. The average Bonchev–Trinajstić information content (AvgIpc) is 2.34. The van der Waals surface area contributed by atoms with Gasteiger partial charge in [0.25, 0.3) is 11.6 Å². The van der Waals surface area contributed by atoms with Crippen LogP contribution in [-0.2, 0) is 0 Å². The Morgan fingerprint density at radius 2 is 2.22 bits per heavy atom. The van der Waals surface area contributed by atoms with Crippen LogP contribution in [0.1, 0.15) is 25.7 Å². The quantitative estimate of drug-likeness (QED) is 0.658. The van der Waals surface area contributed by atoms with Gasteiger partial charge in [-0.25, -0.2) is 9.37 Å². The van der Waals surface area contributed by atoms with Crippen LogP contribution in [0, 0.1) is 15.9 Å². The molecule has 6 nitrogen and oxygen atoms in total. The molecule has 1 aromatic heterocycles. The van der Waals surface area contributed by atoms with E-state index in [1.807, 2.05) is 0 Å². The zero-order valence-corrected chi connectivity index (χ0v) is 9.58. The highest BCUT2D eigenvalue weighted by molar-refractivity contribution is 5.30. The number of aliphatic hydroxyl groups excluding tert-OH is 1. The molecule has 98 valence electrons. The lowest BCUT2D eigenvalue weighted by Gasteiger charge is -2.27. The molecular weight excluding hydrogens is 243 g/mol. The maximum atomic E-state index is 13.5. The summed E-state index contributed by atoms with van der Waals surface area (Å²) in [5, 5.41) is 20.1. The van der Waals surface area contributed by atoms with E-state index in [1.165, 1.54) is 0 Å². The Bertz CT molecular complexity index is 455. The lowest BCUT2D eigenvalue weighted by molar-refractivity contribution is -0.385. The predicted octanol–water partition coefficient (Wildman–Crippen LogP) is 1.81. The van der Waals surface area contributed by atoms with Crippen molar-refractivity contribution in [3.8, 4) is 5.88 Å². The third kappa shape index (κ3) is 2.73. The highest BCUT2D eigenvalue weighted by Crippen LogP contribution is 2.25. The van der Waals surface area contributed by atoms with Gasteiger partial charge in [0.1, 0.15) is 12.3 Å². The summed E-state index contributed by atoms with van der Waals surface area (Å²) in [6.45, 7) is 0. The molecule has 0 amide bonds. The number of pyridine rings is 1. The summed E-state index contributed by atoms with van der Waals surface area (Å²) in [7, 11) is 0. The number of ether oxygens (including phenoxy) is 1. The van der Waals surface area contributed by atoms with Gasteiger partial charge < -0.3 is 9.84 Å². The second kappa shape index (κ2) is 5.26. The molecule has 1 fully saturated rings. The van der Waals surface area contributed by atoms with Gasteiger partial charge in [-0.05, 0) is 19.3 Å². The Labute approximate surface area is 103 Å². The fraction of sp³-hybridized carbons (Fsp3) is 0.545. The van der Waals surface area contributed by atoms with Crippen LogP contribution in [0.4, 0.5) is 10.1 Å². The van der Waals surface area contributed by atoms with E-state index in [9.17, 15) is 19.6 Å². The number of nitrogens with zero attached hydrogens (tertiary/aromatic N) is 2. The molecule has 1 aliphatic carbocycles. The van der Waals surface area contributed by atoms with Gasteiger partial charge in [0.2, 0.25) is 0 Å². The van der Waals surface area contributed by atoms with E-state index in [-0.39, 0.29) is 5.88 Å². The summed E-state index contributed by atoms with van der Waals surface area (Å²) in [6.07, 6.45) is 2.84. The molecule has 0 aromatic carbocycles. The van der Waals surface area contributed by atoms with Crippen molar-refractivity contribution in [2.24, 2.45) is 0 Å². The molecule has 7 heteroatoms. The molecule has 1 N–H and O–H groups in total. The normalized spacial score (nSPS) is 23.7. The molecule has 0 saturated heterocycles. The van der Waals surface area contributed by atoms with Crippen LogP contribution in [-0.4, -0.2) is 27.2 Å². The third-order valence-electron chi connectivity index (χ3n) is 2.93. The largest absolute Gasteiger partial charge is 0.470 e. The van der Waals surface area contributed by atoms with Gasteiger partial charge >= 0.3 is 0 Å². The molecule has 1 aromatic rings. The minimum absolute atomic E-state index is 0.299. The Morgan fingerprint density at radius 1 is 1.50 bits per heavy atom. The zero-order chi connectivity index (χ0) is 13.1. The molecule has 1 unspecified atom stereocenters. The lowest BCUT2D eigenvalue weighted by atomic mass is 9.95. The van der Waals surface area contributed by atoms with Crippen molar-refractivity contribution in [1.82, 2.24) is 4.98 Å². The smallest absolute Gasteiger partial charge is 0.290 e. The number of aliphatic hydroxyl groups is 1. The van der Waals surface area contributed by atoms with Gasteiger partial charge in [-0.2, -0.15) is 0 Å². The zero-order valence-electron chi connectivity index (χ0n) is 9.58. The number of hydrogen-bond acceptors (Lipinski definition) is 5. The van der Waals surface area contributed by atoms with Gasteiger partial charge in [0.05, 0.1) is 17.1 Å². The maximum Gasteiger partial charge on any atom is 0.290 e. The Balaban J connectivity index is 2.11. The highest BCUT2D eigenvalue weighted by atomic mass is 19.1. The molecule has 0 aliphatic heterocycles. The van der Waals surface area contributed by atoms with Crippen LogP contribution >= 0.6 is 0 Å². The van der Waals surface area contributed by atoms with E-state index in [4.69, 9.17) is 4.74 Å². The van der Waals surface area contributed by atoms with Crippen LogP contribution in [0.5, 0.6) is 5.88 Å². The maximum absolute atomic E-state index is 13.5. The van der Waals surface area contributed by atoms with Crippen molar-refractivity contribution >= 4 is 5.69 Å². The monoisotopic (exact) mass is 256 g/mol. The Morgan fingerprint density at radius 3 is 2.83 bits per heavy atom. The van der Waals surface area contributed by atoms with E-state index >= 15 is 0 Å². The van der Waals surface area contributed by atoms with Crippen molar-refractivity contribution in [3.63, 3.8) is 0 Å². The Kier molecular flexibility index (Phi) is 3.71. The highest BCUT2D eigenvalue weighted by Gasteiger charge is 2.26. The summed E-state index contributed by atoms with van der Waals surface area (Å²) in [5.41, 5.74) is -0.427. The second-order valence-electron chi connectivity index (χ2n) is 4.25. The number of aromatic nitrogens is 1. The first-order valence-electron chi connectivity index (χ1n) is 5.72. The topological polar surface area (TPSA) is 85.5 Å². The Hall–Kier alpha value is -1.76. The van der Waals surface area contributed by atoms with E-state index in [0.717, 1.165) is 25.1 Å². The first kappa shape index (κ1) is 12.7. The average molecular weight is 256 g/mol. The van der Waals surface area contributed by atoms with Gasteiger partial charge in [0.15, 0.2) is 5.82 Å². The van der Waals surface area contributed by atoms with Crippen molar-refractivity contribution in [3.05, 3.63) is 28.2 Å². The van der Waals surface area contributed by atoms with Crippen LogP contribution in [0.2, 0.25) is 0 Å². The van der Waals surface area contributed by atoms with Gasteiger partial charge in [-0.15, -0.1) is 0 Å². The predicted molar refractivity (Wildman–Crippen MR) is 59.7 cm³/mol. The third-order valence-corrected chi connectivity index (χ3v) is 2.93. The van der Waals surface area contributed by atoms with Crippen molar-refractivity contribution in [2.75, 3.05) is 0 Å². The van der Waals surface area contributed by atoms with E-state index in [2.05, 4.69) is 4.98 Å². The van der Waals surface area contributed by atoms with Crippen molar-refractivity contribution < 1.29 is 19.2 Å². The molecule has 1 aliphatic rings. The first-order chi connectivity index (χ1) is 8.58. The second-order valence-corrected chi connectivity index (χ2v) is 4.25. The first-order valence-corrected chi connectivity index (χ1v) is 5.72. The molecule has 1 heterocycles.